The monoisotopic (exact) mass is 368 g/mol. The molecule has 23 heavy (non-hydrogen) atoms. The average molecular weight is 369 g/mol. The van der Waals surface area contributed by atoms with E-state index in [2.05, 4.69) is 5.32 Å². The van der Waals surface area contributed by atoms with Gasteiger partial charge < -0.3 is 5.32 Å². The summed E-state index contributed by atoms with van der Waals surface area (Å²) in [5.74, 6) is -5.38. The standard InChI is InChI=1S/C14H16ClF3N2O2S/c15-9-3-1-2-8(11(9)16)6-10-12(14(17,18)7-20-10)13(4-5-13)23(19,21)22/h1-3,10,12,20H,4-7H2,(H2,19,21,22)/t10-,12-/m0/s1. The molecule has 4 nitrogen and oxygen atoms in total. The fraction of sp³-hybridized carbons (Fsp3) is 0.571. The van der Waals surface area contributed by atoms with E-state index >= 15 is 0 Å². The molecule has 2 fully saturated rings. The molecule has 1 aliphatic heterocycles. The quantitative estimate of drug-likeness (QED) is 0.854. The Kier molecular flexibility index (Phi) is 3.95. The zero-order valence-electron chi connectivity index (χ0n) is 12.0. The Morgan fingerprint density at radius 3 is 2.57 bits per heavy atom. The van der Waals surface area contributed by atoms with Crippen LogP contribution in [-0.2, 0) is 16.4 Å². The molecule has 2 aliphatic rings. The number of sulfonamides is 1. The largest absolute Gasteiger partial charge is 0.307 e. The van der Waals surface area contributed by atoms with Crippen molar-refractivity contribution >= 4 is 21.6 Å². The zero-order chi connectivity index (χ0) is 17.0. The zero-order valence-corrected chi connectivity index (χ0v) is 13.6. The fourth-order valence-corrected chi connectivity index (χ4v) is 5.13. The Labute approximate surface area is 137 Å². The number of nitrogens with two attached hydrogens (primary N) is 1. The lowest BCUT2D eigenvalue weighted by atomic mass is 9.87. The van der Waals surface area contributed by atoms with Crippen LogP contribution in [0.5, 0.6) is 0 Å². The summed E-state index contributed by atoms with van der Waals surface area (Å²) in [5, 5.41) is 7.73. The maximum absolute atomic E-state index is 14.3. The van der Waals surface area contributed by atoms with E-state index in [4.69, 9.17) is 16.7 Å². The molecule has 3 rings (SSSR count). The number of primary sulfonamides is 1. The molecule has 1 aromatic carbocycles. The van der Waals surface area contributed by atoms with E-state index in [0.717, 1.165) is 0 Å². The van der Waals surface area contributed by atoms with Gasteiger partial charge in [-0.15, -0.1) is 0 Å². The van der Waals surface area contributed by atoms with E-state index < -0.39 is 45.0 Å². The predicted molar refractivity (Wildman–Crippen MR) is 80.4 cm³/mol. The van der Waals surface area contributed by atoms with Gasteiger partial charge in [-0.25, -0.2) is 26.7 Å². The van der Waals surface area contributed by atoms with Crippen LogP contribution in [0.15, 0.2) is 18.2 Å². The number of benzene rings is 1. The van der Waals surface area contributed by atoms with Gasteiger partial charge in [-0.05, 0) is 30.9 Å². The van der Waals surface area contributed by atoms with Gasteiger partial charge in [0.25, 0.3) is 5.92 Å². The van der Waals surface area contributed by atoms with Crippen molar-refractivity contribution in [3.8, 4) is 0 Å². The first-order chi connectivity index (χ1) is 10.6. The van der Waals surface area contributed by atoms with Crippen molar-refractivity contribution in [2.24, 2.45) is 11.1 Å². The van der Waals surface area contributed by atoms with E-state index in [9.17, 15) is 21.6 Å². The molecule has 0 radical (unpaired) electrons. The lowest BCUT2D eigenvalue weighted by Gasteiger charge is -2.30. The number of hydrogen-bond donors (Lipinski definition) is 2. The molecule has 1 aromatic rings. The Morgan fingerprint density at radius 1 is 1.35 bits per heavy atom. The molecule has 128 valence electrons. The maximum atomic E-state index is 14.3. The summed E-state index contributed by atoms with van der Waals surface area (Å²) in [7, 11) is -4.13. The highest BCUT2D eigenvalue weighted by atomic mass is 35.5. The summed E-state index contributed by atoms with van der Waals surface area (Å²) < 4.78 is 64.7. The molecule has 0 aromatic heterocycles. The van der Waals surface area contributed by atoms with Gasteiger partial charge >= 0.3 is 0 Å². The van der Waals surface area contributed by atoms with E-state index in [-0.39, 0.29) is 29.8 Å². The summed E-state index contributed by atoms with van der Waals surface area (Å²) in [5.41, 5.74) is 0.169. The second kappa shape index (κ2) is 5.34. The van der Waals surface area contributed by atoms with Crippen LogP contribution in [-0.4, -0.2) is 31.7 Å². The minimum absolute atomic E-state index is 0.0794. The van der Waals surface area contributed by atoms with Crippen LogP contribution in [0.1, 0.15) is 18.4 Å². The van der Waals surface area contributed by atoms with E-state index in [0.29, 0.717) is 0 Å². The molecular formula is C14H16ClF3N2O2S. The molecule has 2 atom stereocenters. The van der Waals surface area contributed by atoms with Crippen molar-refractivity contribution < 1.29 is 21.6 Å². The van der Waals surface area contributed by atoms with Gasteiger partial charge in [0.2, 0.25) is 10.0 Å². The minimum atomic E-state index is -4.13. The van der Waals surface area contributed by atoms with Crippen molar-refractivity contribution in [3.63, 3.8) is 0 Å². The Balaban J connectivity index is 1.95. The van der Waals surface area contributed by atoms with Crippen LogP contribution < -0.4 is 10.5 Å². The summed E-state index contributed by atoms with van der Waals surface area (Å²) in [6.45, 7) is -0.651. The van der Waals surface area contributed by atoms with Crippen LogP contribution in [0.2, 0.25) is 5.02 Å². The number of nitrogens with one attached hydrogen (secondary N) is 1. The summed E-state index contributed by atoms with van der Waals surface area (Å²) in [6, 6.07) is 3.45. The van der Waals surface area contributed by atoms with Crippen LogP contribution in [0.3, 0.4) is 0 Å². The van der Waals surface area contributed by atoms with E-state index in [1.807, 2.05) is 0 Å². The third kappa shape index (κ3) is 2.75. The SMILES string of the molecule is NS(=O)(=O)C1([C@@H]2[C@H](Cc3cccc(Cl)c3F)NCC2(F)F)CC1. The van der Waals surface area contributed by atoms with Crippen molar-refractivity contribution in [2.75, 3.05) is 6.54 Å². The van der Waals surface area contributed by atoms with E-state index in [1.54, 1.807) is 0 Å². The smallest absolute Gasteiger partial charge is 0.266 e. The summed E-state index contributed by atoms with van der Waals surface area (Å²) in [6.07, 6.45) is 0.120. The Bertz CT molecular complexity index is 738. The molecule has 0 spiro atoms. The minimum Gasteiger partial charge on any atom is -0.307 e. The molecule has 0 unspecified atom stereocenters. The van der Waals surface area contributed by atoms with Crippen molar-refractivity contribution in [1.29, 1.82) is 0 Å². The van der Waals surface area contributed by atoms with Crippen LogP contribution in [0.4, 0.5) is 13.2 Å². The van der Waals surface area contributed by atoms with Crippen LogP contribution in [0.25, 0.3) is 0 Å². The van der Waals surface area contributed by atoms with Crippen molar-refractivity contribution in [2.45, 2.75) is 36.0 Å². The third-order valence-corrected chi connectivity index (χ3v) is 6.89. The first kappa shape index (κ1) is 17.0. The van der Waals surface area contributed by atoms with Crippen LogP contribution in [0, 0.1) is 11.7 Å². The molecule has 0 amide bonds. The fourth-order valence-electron chi connectivity index (χ4n) is 3.57. The maximum Gasteiger partial charge on any atom is 0.266 e. The number of hydrogen-bond acceptors (Lipinski definition) is 3. The molecule has 1 saturated heterocycles. The lowest BCUT2D eigenvalue weighted by molar-refractivity contribution is -0.0322. The number of alkyl halides is 2. The highest BCUT2D eigenvalue weighted by Gasteiger charge is 2.69. The molecule has 0 bridgehead atoms. The van der Waals surface area contributed by atoms with Gasteiger partial charge in [0, 0.05) is 6.04 Å². The Hall–Kier alpha value is -0.830. The van der Waals surface area contributed by atoms with Gasteiger partial charge in [-0.2, -0.15) is 0 Å². The van der Waals surface area contributed by atoms with Gasteiger partial charge in [-0.3, -0.25) is 0 Å². The van der Waals surface area contributed by atoms with E-state index in [1.165, 1.54) is 18.2 Å². The molecular weight excluding hydrogens is 353 g/mol. The molecule has 1 heterocycles. The van der Waals surface area contributed by atoms with Gasteiger partial charge in [-0.1, -0.05) is 23.7 Å². The lowest BCUT2D eigenvalue weighted by Crippen LogP contribution is -2.49. The predicted octanol–water partition coefficient (Wildman–Crippen LogP) is 2.07. The van der Waals surface area contributed by atoms with Crippen molar-refractivity contribution in [3.05, 3.63) is 34.6 Å². The second-order valence-electron chi connectivity index (χ2n) is 6.25. The van der Waals surface area contributed by atoms with Crippen LogP contribution >= 0.6 is 11.6 Å². The number of rotatable bonds is 4. The highest BCUT2D eigenvalue weighted by Crippen LogP contribution is 2.56. The average Bonchev–Trinajstić information content (AvgIpc) is 3.17. The van der Waals surface area contributed by atoms with Crippen molar-refractivity contribution in [1.82, 2.24) is 5.32 Å². The topological polar surface area (TPSA) is 72.2 Å². The Morgan fingerprint density at radius 2 is 2.00 bits per heavy atom. The molecule has 3 N–H and O–H groups in total. The van der Waals surface area contributed by atoms with Gasteiger partial charge in [0.05, 0.1) is 22.2 Å². The van der Waals surface area contributed by atoms with Gasteiger partial charge in [0.15, 0.2) is 0 Å². The molecule has 1 aliphatic carbocycles. The summed E-state index contributed by atoms with van der Waals surface area (Å²) >= 11 is 5.71. The third-order valence-electron chi connectivity index (χ3n) is 4.80. The molecule has 9 heteroatoms. The highest BCUT2D eigenvalue weighted by molar-refractivity contribution is 7.90. The normalized spacial score (nSPS) is 28.7. The molecule has 1 saturated carbocycles. The first-order valence-corrected chi connectivity index (χ1v) is 9.07. The summed E-state index contributed by atoms with van der Waals surface area (Å²) in [4.78, 5) is 0. The first-order valence-electron chi connectivity index (χ1n) is 7.15. The number of halogens is 4. The second-order valence-corrected chi connectivity index (χ2v) is 8.56. The van der Waals surface area contributed by atoms with Gasteiger partial charge in [0.1, 0.15) is 5.82 Å².